The molecule has 0 amide bonds. The average Bonchev–Trinajstić information content (AvgIpc) is 3.18. The van der Waals surface area contributed by atoms with Gasteiger partial charge in [0.15, 0.2) is 0 Å². The molecule has 0 atom stereocenters. The maximum absolute atomic E-state index is 6.26. The molecule has 0 N–H and O–H groups in total. The van der Waals surface area contributed by atoms with Crippen LogP contribution in [-0.2, 0) is 0 Å². The van der Waals surface area contributed by atoms with Gasteiger partial charge in [-0.3, -0.25) is 0 Å². The standard InChI is InChI=1S/C14H20ClN3/c1-9-5-7-18(8-6-9)14-10(2)12(15)16-13(17-14)11-3-4-11/h9,11H,3-8H2,1-2H3. The fourth-order valence-electron chi connectivity index (χ4n) is 2.55. The van der Waals surface area contributed by atoms with Crippen LogP contribution in [0.5, 0.6) is 0 Å². The van der Waals surface area contributed by atoms with Crippen LogP contribution >= 0.6 is 11.6 Å². The number of rotatable bonds is 2. The number of hydrogen-bond acceptors (Lipinski definition) is 3. The van der Waals surface area contributed by atoms with Crippen molar-refractivity contribution in [2.45, 2.75) is 45.4 Å². The number of anilines is 1. The Labute approximate surface area is 114 Å². The molecule has 0 unspecified atom stereocenters. The van der Waals surface area contributed by atoms with Crippen molar-refractivity contribution in [2.75, 3.05) is 18.0 Å². The third kappa shape index (κ3) is 2.33. The number of aromatic nitrogens is 2. The molecule has 2 heterocycles. The van der Waals surface area contributed by atoms with Crippen LogP contribution in [0.4, 0.5) is 5.82 Å². The van der Waals surface area contributed by atoms with Gasteiger partial charge in [0.25, 0.3) is 0 Å². The molecule has 1 aromatic rings. The van der Waals surface area contributed by atoms with Crippen molar-refractivity contribution in [3.63, 3.8) is 0 Å². The molecule has 3 nitrogen and oxygen atoms in total. The molecule has 0 radical (unpaired) electrons. The van der Waals surface area contributed by atoms with Crippen LogP contribution in [0.25, 0.3) is 0 Å². The van der Waals surface area contributed by atoms with Gasteiger partial charge in [-0.1, -0.05) is 18.5 Å². The van der Waals surface area contributed by atoms with E-state index in [0.29, 0.717) is 11.1 Å². The lowest BCUT2D eigenvalue weighted by atomic mass is 9.99. The quantitative estimate of drug-likeness (QED) is 0.766. The van der Waals surface area contributed by atoms with E-state index in [1.165, 1.54) is 25.7 Å². The Kier molecular flexibility index (Phi) is 3.18. The van der Waals surface area contributed by atoms with Crippen molar-refractivity contribution < 1.29 is 0 Å². The third-order valence-electron chi connectivity index (χ3n) is 4.10. The van der Waals surface area contributed by atoms with E-state index in [1.807, 2.05) is 6.92 Å². The van der Waals surface area contributed by atoms with Crippen LogP contribution in [-0.4, -0.2) is 23.1 Å². The number of halogens is 1. The van der Waals surface area contributed by atoms with E-state index in [0.717, 1.165) is 36.2 Å². The van der Waals surface area contributed by atoms with Crippen molar-refractivity contribution in [3.05, 3.63) is 16.5 Å². The number of nitrogens with zero attached hydrogens (tertiary/aromatic N) is 3. The van der Waals surface area contributed by atoms with Crippen molar-refractivity contribution >= 4 is 17.4 Å². The number of hydrogen-bond donors (Lipinski definition) is 0. The van der Waals surface area contributed by atoms with Crippen LogP contribution in [0, 0.1) is 12.8 Å². The van der Waals surface area contributed by atoms with Gasteiger partial charge in [-0.2, -0.15) is 0 Å². The lowest BCUT2D eigenvalue weighted by molar-refractivity contribution is 0.436. The normalized spacial score (nSPS) is 21.4. The largest absolute Gasteiger partial charge is 0.356 e. The summed E-state index contributed by atoms with van der Waals surface area (Å²) in [7, 11) is 0. The predicted molar refractivity (Wildman–Crippen MR) is 74.4 cm³/mol. The lowest BCUT2D eigenvalue weighted by Gasteiger charge is -2.32. The van der Waals surface area contributed by atoms with Crippen molar-refractivity contribution in [2.24, 2.45) is 5.92 Å². The first-order valence-electron chi connectivity index (χ1n) is 6.94. The molecule has 2 fully saturated rings. The zero-order valence-electron chi connectivity index (χ0n) is 11.1. The van der Waals surface area contributed by atoms with Gasteiger partial charge < -0.3 is 4.90 Å². The fraction of sp³-hybridized carbons (Fsp3) is 0.714. The minimum atomic E-state index is 0.561. The van der Waals surface area contributed by atoms with Gasteiger partial charge in [0, 0.05) is 24.6 Å². The van der Waals surface area contributed by atoms with E-state index in [1.54, 1.807) is 0 Å². The molecule has 1 aliphatic carbocycles. The second-order valence-corrected chi connectivity index (χ2v) is 6.12. The van der Waals surface area contributed by atoms with Crippen LogP contribution in [0.15, 0.2) is 0 Å². The van der Waals surface area contributed by atoms with E-state index in [2.05, 4.69) is 16.8 Å². The van der Waals surface area contributed by atoms with Gasteiger partial charge in [-0.25, -0.2) is 9.97 Å². The monoisotopic (exact) mass is 265 g/mol. The van der Waals surface area contributed by atoms with E-state index < -0.39 is 0 Å². The zero-order valence-corrected chi connectivity index (χ0v) is 11.9. The molecule has 1 saturated heterocycles. The van der Waals surface area contributed by atoms with Crippen molar-refractivity contribution in [3.8, 4) is 0 Å². The molecule has 1 aromatic heterocycles. The second kappa shape index (κ2) is 4.69. The second-order valence-electron chi connectivity index (χ2n) is 5.77. The topological polar surface area (TPSA) is 29.0 Å². The van der Waals surface area contributed by atoms with E-state index in [4.69, 9.17) is 16.6 Å². The summed E-state index contributed by atoms with van der Waals surface area (Å²) >= 11 is 6.26. The Hall–Kier alpha value is -0.830. The van der Waals surface area contributed by atoms with Crippen LogP contribution in [0.2, 0.25) is 5.15 Å². The summed E-state index contributed by atoms with van der Waals surface area (Å²) in [6.07, 6.45) is 4.94. The smallest absolute Gasteiger partial charge is 0.137 e. The summed E-state index contributed by atoms with van der Waals surface area (Å²) in [6.45, 7) is 6.55. The van der Waals surface area contributed by atoms with Crippen LogP contribution in [0.3, 0.4) is 0 Å². The molecule has 4 heteroatoms. The molecule has 18 heavy (non-hydrogen) atoms. The maximum atomic E-state index is 6.26. The van der Waals surface area contributed by atoms with Gasteiger partial charge in [-0.15, -0.1) is 0 Å². The minimum absolute atomic E-state index is 0.561. The molecule has 1 saturated carbocycles. The molecule has 0 aromatic carbocycles. The first-order chi connectivity index (χ1) is 8.65. The predicted octanol–water partition coefficient (Wildman–Crippen LogP) is 3.55. The summed E-state index contributed by atoms with van der Waals surface area (Å²) in [5, 5.41) is 0.639. The molecule has 2 aliphatic rings. The Morgan fingerprint density at radius 2 is 1.78 bits per heavy atom. The Morgan fingerprint density at radius 3 is 2.39 bits per heavy atom. The van der Waals surface area contributed by atoms with Crippen LogP contribution < -0.4 is 4.90 Å². The maximum Gasteiger partial charge on any atom is 0.137 e. The summed E-state index contributed by atoms with van der Waals surface area (Å²) in [5.41, 5.74) is 1.04. The van der Waals surface area contributed by atoms with E-state index >= 15 is 0 Å². The zero-order chi connectivity index (χ0) is 12.7. The van der Waals surface area contributed by atoms with Crippen molar-refractivity contribution in [1.82, 2.24) is 9.97 Å². The van der Waals surface area contributed by atoms with Gasteiger partial charge in [-0.05, 0) is 38.5 Å². The fourth-order valence-corrected chi connectivity index (χ4v) is 2.72. The summed E-state index contributed by atoms with van der Waals surface area (Å²) in [4.78, 5) is 11.6. The highest BCUT2D eigenvalue weighted by molar-refractivity contribution is 6.30. The Morgan fingerprint density at radius 1 is 1.11 bits per heavy atom. The molecule has 98 valence electrons. The van der Waals surface area contributed by atoms with Crippen LogP contribution in [0.1, 0.15) is 49.9 Å². The first kappa shape index (κ1) is 12.2. The third-order valence-corrected chi connectivity index (χ3v) is 4.47. The number of piperidine rings is 1. The molecule has 0 bridgehead atoms. The average molecular weight is 266 g/mol. The summed E-state index contributed by atoms with van der Waals surface area (Å²) < 4.78 is 0. The van der Waals surface area contributed by atoms with Crippen molar-refractivity contribution in [1.29, 1.82) is 0 Å². The Bertz CT molecular complexity index is 449. The van der Waals surface area contributed by atoms with Gasteiger partial charge in [0.1, 0.15) is 16.8 Å². The molecule has 3 rings (SSSR count). The van der Waals surface area contributed by atoms with Gasteiger partial charge >= 0.3 is 0 Å². The summed E-state index contributed by atoms with van der Waals surface area (Å²) in [6, 6.07) is 0. The first-order valence-corrected chi connectivity index (χ1v) is 7.32. The molecular formula is C14H20ClN3. The summed E-state index contributed by atoms with van der Waals surface area (Å²) in [5.74, 6) is 3.43. The van der Waals surface area contributed by atoms with E-state index in [-0.39, 0.29) is 0 Å². The minimum Gasteiger partial charge on any atom is -0.356 e. The SMILES string of the molecule is Cc1c(Cl)nc(C2CC2)nc1N1CCC(C)CC1. The highest BCUT2D eigenvalue weighted by Gasteiger charge is 2.29. The van der Waals surface area contributed by atoms with Gasteiger partial charge in [0.05, 0.1) is 0 Å². The highest BCUT2D eigenvalue weighted by atomic mass is 35.5. The van der Waals surface area contributed by atoms with E-state index in [9.17, 15) is 0 Å². The molecular weight excluding hydrogens is 246 g/mol. The Balaban J connectivity index is 1.89. The molecule has 1 aliphatic heterocycles. The highest BCUT2D eigenvalue weighted by Crippen LogP contribution is 2.40. The molecule has 0 spiro atoms. The van der Waals surface area contributed by atoms with Gasteiger partial charge in [0.2, 0.25) is 0 Å². The lowest BCUT2D eigenvalue weighted by Crippen LogP contribution is -2.34.